The van der Waals surface area contributed by atoms with Crippen LogP contribution < -0.4 is 14.8 Å². The molecule has 1 fully saturated rings. The third-order valence-electron chi connectivity index (χ3n) is 4.19. The Labute approximate surface area is 159 Å². The Morgan fingerprint density at radius 2 is 2.04 bits per heavy atom. The van der Waals surface area contributed by atoms with Crippen LogP contribution in [0.1, 0.15) is 32.8 Å². The highest BCUT2D eigenvalue weighted by Gasteiger charge is 2.38. The molecule has 0 unspecified atom stereocenters. The molecule has 1 aromatic rings. The van der Waals surface area contributed by atoms with Gasteiger partial charge in [0.2, 0.25) is 0 Å². The van der Waals surface area contributed by atoms with Gasteiger partial charge in [0.25, 0.3) is 5.91 Å². The van der Waals surface area contributed by atoms with Crippen molar-refractivity contribution in [2.24, 2.45) is 5.92 Å². The number of nitrogens with zero attached hydrogens (tertiary/aromatic N) is 1. The van der Waals surface area contributed by atoms with Gasteiger partial charge in [-0.1, -0.05) is 32.1 Å². The zero-order valence-corrected chi connectivity index (χ0v) is 16.3. The minimum absolute atomic E-state index is 0.0643. The predicted molar refractivity (Wildman–Crippen MR) is 103 cm³/mol. The molecule has 2 rings (SSSR count). The van der Waals surface area contributed by atoms with E-state index in [1.54, 1.807) is 13.2 Å². The minimum Gasteiger partial charge on any atom is -0.493 e. The molecule has 1 aliphatic heterocycles. The van der Waals surface area contributed by atoms with Gasteiger partial charge < -0.3 is 19.9 Å². The number of ether oxygens (including phenoxy) is 2. The molecule has 7 nitrogen and oxygen atoms in total. The molecule has 0 aliphatic carbocycles. The third-order valence-corrected chi connectivity index (χ3v) is 4.19. The number of β-amino-alcohol motifs (C(OH)–C–C–N with tert-alkyl or cyclic N) is 1. The van der Waals surface area contributed by atoms with E-state index < -0.39 is 18.2 Å². The molecule has 2 atom stereocenters. The summed E-state index contributed by atoms with van der Waals surface area (Å²) < 4.78 is 10.9. The van der Waals surface area contributed by atoms with E-state index in [4.69, 9.17) is 9.47 Å². The Hall–Kier alpha value is -2.54. The van der Waals surface area contributed by atoms with E-state index in [2.05, 4.69) is 5.32 Å². The van der Waals surface area contributed by atoms with Crippen LogP contribution in [0.5, 0.6) is 11.5 Å². The summed E-state index contributed by atoms with van der Waals surface area (Å²) in [5.41, 5.74) is 0.970. The molecule has 0 bridgehead atoms. The van der Waals surface area contributed by atoms with Crippen LogP contribution in [-0.4, -0.2) is 54.4 Å². The van der Waals surface area contributed by atoms with Crippen molar-refractivity contribution >= 4 is 18.0 Å². The van der Waals surface area contributed by atoms with E-state index in [1.807, 2.05) is 45.1 Å². The fourth-order valence-corrected chi connectivity index (χ4v) is 2.93. The number of hydrogen-bond acceptors (Lipinski definition) is 5. The first-order valence-electron chi connectivity index (χ1n) is 9.09. The van der Waals surface area contributed by atoms with Gasteiger partial charge in [-0.05, 0) is 37.0 Å². The largest absolute Gasteiger partial charge is 0.493 e. The fourth-order valence-electron chi connectivity index (χ4n) is 2.93. The smallest absolute Gasteiger partial charge is 0.324 e. The van der Waals surface area contributed by atoms with Gasteiger partial charge in [0.15, 0.2) is 11.5 Å². The van der Waals surface area contributed by atoms with Crippen LogP contribution in [0.3, 0.4) is 0 Å². The molecule has 0 aromatic heterocycles. The highest BCUT2D eigenvalue weighted by Crippen LogP contribution is 2.28. The highest BCUT2D eigenvalue weighted by molar-refractivity contribution is 6.04. The van der Waals surface area contributed by atoms with Crippen molar-refractivity contribution in [3.05, 3.63) is 29.8 Å². The molecule has 0 radical (unpaired) electrons. The minimum atomic E-state index is -1.00. The second-order valence-electron chi connectivity index (χ2n) is 6.96. The first-order chi connectivity index (χ1) is 12.8. The van der Waals surface area contributed by atoms with Gasteiger partial charge >= 0.3 is 6.03 Å². The van der Waals surface area contributed by atoms with Crippen LogP contribution in [0.25, 0.3) is 6.08 Å². The Kier molecular flexibility index (Phi) is 7.24. The van der Waals surface area contributed by atoms with Crippen LogP contribution in [0.15, 0.2) is 24.3 Å². The maximum absolute atomic E-state index is 12.3. The van der Waals surface area contributed by atoms with Gasteiger partial charge in [-0.2, -0.15) is 0 Å². The number of allylic oxidation sites excluding steroid dienone is 1. The van der Waals surface area contributed by atoms with E-state index in [-0.39, 0.29) is 25.0 Å². The maximum atomic E-state index is 12.3. The molecule has 2 N–H and O–H groups in total. The van der Waals surface area contributed by atoms with Gasteiger partial charge in [0.1, 0.15) is 18.8 Å². The number of rotatable bonds is 9. The van der Waals surface area contributed by atoms with Gasteiger partial charge in [0.05, 0.1) is 13.7 Å². The number of urea groups is 1. The number of nitrogens with one attached hydrogen (secondary N) is 1. The molecule has 1 saturated heterocycles. The van der Waals surface area contributed by atoms with Crippen molar-refractivity contribution in [1.82, 2.24) is 10.2 Å². The number of aliphatic hydroxyl groups excluding tert-OH is 1. The van der Waals surface area contributed by atoms with E-state index in [1.165, 1.54) is 0 Å². The molecule has 0 saturated carbocycles. The molecule has 7 heteroatoms. The van der Waals surface area contributed by atoms with Crippen molar-refractivity contribution in [3.63, 3.8) is 0 Å². The first kappa shape index (κ1) is 20.8. The van der Waals surface area contributed by atoms with Gasteiger partial charge in [-0.15, -0.1) is 0 Å². The molecule has 3 amide bonds. The van der Waals surface area contributed by atoms with E-state index in [0.717, 1.165) is 10.5 Å². The molecular formula is C20H28N2O5. The second-order valence-corrected chi connectivity index (χ2v) is 6.96. The molecule has 1 heterocycles. The van der Waals surface area contributed by atoms with Crippen molar-refractivity contribution in [3.8, 4) is 11.5 Å². The van der Waals surface area contributed by atoms with Crippen molar-refractivity contribution in [1.29, 1.82) is 0 Å². The first-order valence-corrected chi connectivity index (χ1v) is 9.09. The maximum Gasteiger partial charge on any atom is 0.324 e. The summed E-state index contributed by atoms with van der Waals surface area (Å²) >= 11 is 0. The van der Waals surface area contributed by atoms with E-state index in [9.17, 15) is 14.7 Å². The zero-order valence-electron chi connectivity index (χ0n) is 16.3. The number of imide groups is 1. The summed E-state index contributed by atoms with van der Waals surface area (Å²) in [6.07, 6.45) is 3.43. The van der Waals surface area contributed by atoms with Crippen LogP contribution in [0, 0.1) is 5.92 Å². The zero-order chi connectivity index (χ0) is 20.0. The SMILES string of the molecule is C/C=C/c1ccc(OC[C@H](O)CN2C(=O)N[C@@H](CC(C)C)C2=O)c(OC)c1. The van der Waals surface area contributed by atoms with E-state index in [0.29, 0.717) is 17.9 Å². The summed E-state index contributed by atoms with van der Waals surface area (Å²) in [4.78, 5) is 25.4. The van der Waals surface area contributed by atoms with Crippen LogP contribution >= 0.6 is 0 Å². The number of hydrogen-bond donors (Lipinski definition) is 2. The van der Waals surface area contributed by atoms with E-state index >= 15 is 0 Å². The highest BCUT2D eigenvalue weighted by atomic mass is 16.5. The molecular weight excluding hydrogens is 348 g/mol. The van der Waals surface area contributed by atoms with Gasteiger partial charge in [-0.25, -0.2) is 4.79 Å². The number of methoxy groups -OCH3 is 1. The third kappa shape index (κ3) is 5.47. The summed E-state index contributed by atoms with van der Waals surface area (Å²) in [6.45, 7) is 5.72. The van der Waals surface area contributed by atoms with Crippen molar-refractivity contribution in [2.75, 3.05) is 20.3 Å². The Morgan fingerprint density at radius 3 is 2.67 bits per heavy atom. The number of carbonyl (C=O) groups excluding carboxylic acids is 2. The van der Waals surface area contributed by atoms with Crippen molar-refractivity contribution in [2.45, 2.75) is 39.3 Å². The number of amides is 3. The van der Waals surface area contributed by atoms with Crippen molar-refractivity contribution < 1.29 is 24.2 Å². The summed E-state index contributed by atoms with van der Waals surface area (Å²) in [5, 5.41) is 12.9. The van der Waals surface area contributed by atoms with Crippen LogP contribution in [0.4, 0.5) is 4.79 Å². The van der Waals surface area contributed by atoms with Crippen LogP contribution in [-0.2, 0) is 4.79 Å². The Morgan fingerprint density at radius 1 is 1.30 bits per heavy atom. The average Bonchev–Trinajstić information content (AvgIpc) is 2.87. The quantitative estimate of drug-likeness (QED) is 0.646. The lowest BCUT2D eigenvalue weighted by Crippen LogP contribution is -2.40. The second kappa shape index (κ2) is 9.41. The summed E-state index contributed by atoms with van der Waals surface area (Å²) in [5.74, 6) is 1.01. The van der Waals surface area contributed by atoms with Gasteiger partial charge in [0, 0.05) is 0 Å². The van der Waals surface area contributed by atoms with Crippen LogP contribution in [0.2, 0.25) is 0 Å². The average molecular weight is 376 g/mol. The molecule has 0 spiro atoms. The Balaban J connectivity index is 1.93. The lowest BCUT2D eigenvalue weighted by Gasteiger charge is -2.19. The molecule has 1 aliphatic rings. The monoisotopic (exact) mass is 376 g/mol. The lowest BCUT2D eigenvalue weighted by atomic mass is 10.0. The Bertz CT molecular complexity index is 702. The summed E-state index contributed by atoms with van der Waals surface area (Å²) in [6, 6.07) is 4.46. The van der Waals surface area contributed by atoms with Gasteiger partial charge in [-0.3, -0.25) is 9.69 Å². The normalized spacial score (nSPS) is 18.3. The topological polar surface area (TPSA) is 88.1 Å². The predicted octanol–water partition coefficient (Wildman–Crippen LogP) is 2.43. The standard InChI is InChI=1S/C20H28N2O5/c1-5-6-14-7-8-17(18(10-14)26-4)27-12-15(23)11-22-19(24)16(9-13(2)3)21-20(22)25/h5-8,10,13,15-16,23H,9,11-12H2,1-4H3,(H,21,25)/b6-5+/t15-,16+/m1/s1. The number of benzene rings is 1. The fraction of sp³-hybridized carbons (Fsp3) is 0.500. The molecule has 27 heavy (non-hydrogen) atoms. The number of aliphatic hydroxyl groups is 1. The molecule has 148 valence electrons. The molecule has 1 aromatic carbocycles. The summed E-state index contributed by atoms with van der Waals surface area (Å²) in [7, 11) is 1.54. The lowest BCUT2D eigenvalue weighted by molar-refractivity contribution is -0.128. The number of carbonyl (C=O) groups is 2.